The first-order valence-electron chi connectivity index (χ1n) is 14.1. The van der Waals surface area contributed by atoms with Crippen molar-refractivity contribution in [3.05, 3.63) is 119 Å². The first kappa shape index (κ1) is 32.1. The number of carboxylic acids is 1. The van der Waals surface area contributed by atoms with Crippen molar-refractivity contribution in [3.63, 3.8) is 0 Å². The first-order valence-corrected chi connectivity index (χ1v) is 14.1. The first-order chi connectivity index (χ1) is 21.7. The van der Waals surface area contributed by atoms with E-state index >= 15 is 0 Å². The number of hydrogen-bond donors (Lipinski definition) is 5. The Labute approximate surface area is 260 Å². The summed E-state index contributed by atoms with van der Waals surface area (Å²) in [4.78, 5) is 49.1. The summed E-state index contributed by atoms with van der Waals surface area (Å²) in [6, 6.07) is 26.8. The minimum atomic E-state index is -1.09. The van der Waals surface area contributed by atoms with Crippen LogP contribution in [-0.4, -0.2) is 36.2 Å². The SMILES string of the molecule is COc1cc(CC(=O)Nc2ccc(C(CC(=O)O)NC(=O)OCc3ccccc3)cc2)ccc1NC(=O)Nc1ccccc1C. The molecule has 11 nitrogen and oxygen atoms in total. The molecule has 0 aromatic heterocycles. The Bertz CT molecular complexity index is 1640. The van der Waals surface area contributed by atoms with Gasteiger partial charge in [-0.2, -0.15) is 0 Å². The quantitative estimate of drug-likeness (QED) is 0.127. The molecular weight excluding hydrogens is 576 g/mol. The fraction of sp³-hybridized carbons (Fsp3) is 0.176. The van der Waals surface area contributed by atoms with Crippen molar-refractivity contribution in [2.24, 2.45) is 0 Å². The summed E-state index contributed by atoms with van der Waals surface area (Å²) in [7, 11) is 1.47. The standard InChI is InChI=1S/C34H34N4O7/c1-22-8-6-7-11-27(22)36-33(42)37-28-17-12-24(18-30(28)44-2)19-31(39)35-26-15-13-25(14-16-26)29(20-32(40)41)38-34(43)45-21-23-9-4-3-5-10-23/h3-18,29H,19-21H2,1-2H3,(H,35,39)(H,38,43)(H,40,41)(H2,36,37,42). The summed E-state index contributed by atoms with van der Waals surface area (Å²) in [5, 5.41) is 20.3. The number of methoxy groups -OCH3 is 1. The number of alkyl carbamates (subject to hydrolysis) is 1. The third-order valence-corrected chi connectivity index (χ3v) is 6.75. The molecule has 0 heterocycles. The van der Waals surface area contributed by atoms with E-state index in [0.717, 1.165) is 11.1 Å². The van der Waals surface area contributed by atoms with Gasteiger partial charge in [0.05, 0.1) is 31.7 Å². The van der Waals surface area contributed by atoms with Gasteiger partial charge in [-0.3, -0.25) is 9.59 Å². The molecule has 4 rings (SSSR count). The average Bonchev–Trinajstić information content (AvgIpc) is 3.02. The third-order valence-electron chi connectivity index (χ3n) is 6.75. The molecule has 0 spiro atoms. The maximum atomic E-state index is 12.8. The van der Waals surface area contributed by atoms with E-state index in [1.54, 1.807) is 48.5 Å². The van der Waals surface area contributed by atoms with Crippen LogP contribution in [0.15, 0.2) is 97.1 Å². The molecule has 5 N–H and O–H groups in total. The molecule has 45 heavy (non-hydrogen) atoms. The minimum absolute atomic E-state index is 0.0320. The molecule has 0 saturated carbocycles. The van der Waals surface area contributed by atoms with Gasteiger partial charge in [0.15, 0.2) is 0 Å². The zero-order valence-electron chi connectivity index (χ0n) is 24.8. The summed E-state index contributed by atoms with van der Waals surface area (Å²) in [5.74, 6) is -0.999. The van der Waals surface area contributed by atoms with Gasteiger partial charge in [-0.1, -0.05) is 66.7 Å². The minimum Gasteiger partial charge on any atom is -0.495 e. The number of anilines is 3. The van der Waals surface area contributed by atoms with Gasteiger partial charge in [0.2, 0.25) is 5.91 Å². The second-order valence-corrected chi connectivity index (χ2v) is 10.1. The molecule has 0 saturated heterocycles. The van der Waals surface area contributed by atoms with E-state index in [1.807, 2.05) is 55.5 Å². The second-order valence-electron chi connectivity index (χ2n) is 10.1. The number of amides is 4. The third kappa shape index (κ3) is 9.85. The number of carbonyl (C=O) groups is 4. The van der Waals surface area contributed by atoms with E-state index in [9.17, 15) is 24.3 Å². The second kappa shape index (κ2) is 15.6. The molecule has 4 aromatic rings. The summed E-state index contributed by atoms with van der Waals surface area (Å²) < 4.78 is 10.7. The van der Waals surface area contributed by atoms with Gasteiger partial charge >= 0.3 is 18.1 Å². The van der Waals surface area contributed by atoms with Gasteiger partial charge in [-0.25, -0.2) is 9.59 Å². The van der Waals surface area contributed by atoms with Crippen LogP contribution in [0.4, 0.5) is 26.7 Å². The van der Waals surface area contributed by atoms with Crippen molar-refractivity contribution in [1.29, 1.82) is 0 Å². The molecule has 0 bridgehead atoms. The van der Waals surface area contributed by atoms with Crippen molar-refractivity contribution in [2.45, 2.75) is 32.4 Å². The largest absolute Gasteiger partial charge is 0.495 e. The van der Waals surface area contributed by atoms with E-state index in [2.05, 4.69) is 21.3 Å². The van der Waals surface area contributed by atoms with Gasteiger partial charge in [-0.05, 0) is 59.5 Å². The normalized spacial score (nSPS) is 11.1. The Morgan fingerprint density at radius 1 is 0.778 bits per heavy atom. The van der Waals surface area contributed by atoms with Crippen molar-refractivity contribution < 1.29 is 33.8 Å². The van der Waals surface area contributed by atoms with Gasteiger partial charge in [0, 0.05) is 11.4 Å². The zero-order chi connectivity index (χ0) is 32.2. The molecule has 0 radical (unpaired) electrons. The lowest BCUT2D eigenvalue weighted by Crippen LogP contribution is -2.30. The number of hydrogen-bond acceptors (Lipinski definition) is 6. The predicted octanol–water partition coefficient (Wildman–Crippen LogP) is 6.27. The van der Waals surface area contributed by atoms with E-state index < -0.39 is 24.1 Å². The summed E-state index contributed by atoms with van der Waals surface area (Å²) >= 11 is 0. The molecule has 1 unspecified atom stereocenters. The van der Waals surface area contributed by atoms with Gasteiger partial charge < -0.3 is 35.8 Å². The number of aliphatic carboxylic acids is 1. The monoisotopic (exact) mass is 610 g/mol. The van der Waals surface area contributed by atoms with E-state index in [4.69, 9.17) is 9.47 Å². The van der Waals surface area contributed by atoms with Crippen LogP contribution in [0.25, 0.3) is 0 Å². The molecule has 4 amide bonds. The number of aryl methyl sites for hydroxylation is 1. The van der Waals surface area contributed by atoms with Gasteiger partial charge in [0.1, 0.15) is 12.4 Å². The average molecular weight is 611 g/mol. The lowest BCUT2D eigenvalue weighted by Gasteiger charge is -2.18. The fourth-order valence-corrected chi connectivity index (χ4v) is 4.46. The van der Waals surface area contributed by atoms with Crippen LogP contribution >= 0.6 is 0 Å². The Hall–Kier alpha value is -5.84. The molecular formula is C34H34N4O7. The van der Waals surface area contributed by atoms with Crippen molar-refractivity contribution in [2.75, 3.05) is 23.1 Å². The number of rotatable bonds is 12. The Morgan fingerprint density at radius 2 is 1.47 bits per heavy atom. The number of benzene rings is 4. The number of carbonyl (C=O) groups excluding carboxylic acids is 3. The van der Waals surface area contributed by atoms with Crippen LogP contribution in [0.5, 0.6) is 5.75 Å². The number of urea groups is 1. The molecule has 11 heteroatoms. The van der Waals surface area contributed by atoms with Gasteiger partial charge in [0.25, 0.3) is 0 Å². The Balaban J connectivity index is 1.32. The molecule has 232 valence electrons. The van der Waals surface area contributed by atoms with Gasteiger partial charge in [-0.15, -0.1) is 0 Å². The highest BCUT2D eigenvalue weighted by Crippen LogP contribution is 2.27. The molecule has 4 aromatic carbocycles. The molecule has 1 atom stereocenters. The predicted molar refractivity (Wildman–Crippen MR) is 170 cm³/mol. The summed E-state index contributed by atoms with van der Waals surface area (Å²) in [6.45, 7) is 1.94. The lowest BCUT2D eigenvalue weighted by atomic mass is 10.0. The van der Waals surface area contributed by atoms with Crippen molar-refractivity contribution >= 4 is 41.1 Å². The topological polar surface area (TPSA) is 155 Å². The maximum absolute atomic E-state index is 12.8. The smallest absolute Gasteiger partial charge is 0.407 e. The van der Waals surface area contributed by atoms with Crippen LogP contribution in [0.1, 0.15) is 34.7 Å². The zero-order valence-corrected chi connectivity index (χ0v) is 24.8. The van der Waals surface area contributed by atoms with Crippen LogP contribution in [0, 0.1) is 6.92 Å². The maximum Gasteiger partial charge on any atom is 0.407 e. The molecule has 0 fully saturated rings. The highest BCUT2D eigenvalue weighted by atomic mass is 16.5. The fourth-order valence-electron chi connectivity index (χ4n) is 4.46. The van der Waals surface area contributed by atoms with E-state index in [0.29, 0.717) is 33.9 Å². The van der Waals surface area contributed by atoms with E-state index in [1.165, 1.54) is 7.11 Å². The van der Waals surface area contributed by atoms with Crippen molar-refractivity contribution in [1.82, 2.24) is 5.32 Å². The molecule has 0 aliphatic rings. The van der Waals surface area contributed by atoms with Crippen LogP contribution in [0.2, 0.25) is 0 Å². The number of carboxylic acid groups (broad SMARTS) is 1. The van der Waals surface area contributed by atoms with E-state index in [-0.39, 0.29) is 25.4 Å². The number of ether oxygens (including phenoxy) is 2. The van der Waals surface area contributed by atoms with Crippen LogP contribution < -0.4 is 26.0 Å². The van der Waals surface area contributed by atoms with Crippen molar-refractivity contribution in [3.8, 4) is 5.75 Å². The highest BCUT2D eigenvalue weighted by Gasteiger charge is 2.19. The van der Waals surface area contributed by atoms with Crippen LogP contribution in [-0.2, 0) is 27.4 Å². The summed E-state index contributed by atoms with van der Waals surface area (Å²) in [6.07, 6.45) is -1.07. The molecule has 0 aliphatic heterocycles. The van der Waals surface area contributed by atoms with Crippen LogP contribution in [0.3, 0.4) is 0 Å². The lowest BCUT2D eigenvalue weighted by molar-refractivity contribution is -0.137. The Kier molecular flexibility index (Phi) is 11.1. The highest BCUT2D eigenvalue weighted by molar-refractivity contribution is 6.01. The Morgan fingerprint density at radius 3 is 2.16 bits per heavy atom. The number of para-hydroxylation sites is 1. The molecule has 0 aliphatic carbocycles. The summed E-state index contributed by atoms with van der Waals surface area (Å²) in [5.41, 5.74) is 4.53. The number of nitrogens with one attached hydrogen (secondary N) is 4.